The maximum Gasteiger partial charge on any atom is 0.0110 e. The van der Waals surface area contributed by atoms with Crippen molar-refractivity contribution in [2.75, 3.05) is 45.8 Å². The smallest absolute Gasteiger partial charge is 0.0110 e. The van der Waals surface area contributed by atoms with Crippen LogP contribution in [0.5, 0.6) is 0 Å². The third kappa shape index (κ3) is 6.17. The molecule has 18 heavy (non-hydrogen) atoms. The van der Waals surface area contributed by atoms with Crippen molar-refractivity contribution in [3.05, 3.63) is 0 Å². The van der Waals surface area contributed by atoms with E-state index in [4.69, 9.17) is 5.73 Å². The molecular weight excluding hydrogens is 222 g/mol. The zero-order valence-corrected chi connectivity index (χ0v) is 12.7. The highest BCUT2D eigenvalue weighted by Gasteiger charge is 2.20. The molecule has 1 aliphatic heterocycles. The minimum atomic E-state index is 0.247. The molecule has 1 heterocycles. The summed E-state index contributed by atoms with van der Waals surface area (Å²) in [6, 6.07) is 0. The normalized spacial score (nSPS) is 18.5. The lowest BCUT2D eigenvalue weighted by Crippen LogP contribution is -2.43. The molecule has 0 aromatic rings. The predicted octanol–water partition coefficient (Wildman–Crippen LogP) is 2.17. The quantitative estimate of drug-likeness (QED) is 0.721. The Balaban J connectivity index is 2.32. The van der Waals surface area contributed by atoms with Crippen LogP contribution in [0.2, 0.25) is 0 Å². The van der Waals surface area contributed by atoms with Crippen LogP contribution in [0.15, 0.2) is 0 Å². The minimum absolute atomic E-state index is 0.247. The molecule has 0 amide bonds. The molecule has 1 aliphatic rings. The summed E-state index contributed by atoms with van der Waals surface area (Å²) in [5.41, 5.74) is 6.10. The summed E-state index contributed by atoms with van der Waals surface area (Å²) in [5, 5.41) is 0. The Labute approximate surface area is 114 Å². The second kappa shape index (κ2) is 8.13. The fourth-order valence-electron chi connectivity index (χ4n) is 2.72. The fourth-order valence-corrected chi connectivity index (χ4v) is 2.72. The monoisotopic (exact) mass is 255 g/mol. The fraction of sp³-hybridized carbons (Fsp3) is 1.00. The molecule has 1 rings (SSSR count). The molecule has 0 saturated carbocycles. The van der Waals surface area contributed by atoms with Crippen LogP contribution in [0.4, 0.5) is 0 Å². The van der Waals surface area contributed by atoms with Crippen LogP contribution in [0, 0.1) is 5.41 Å². The van der Waals surface area contributed by atoms with Gasteiger partial charge in [-0.15, -0.1) is 0 Å². The Morgan fingerprint density at radius 1 is 1.11 bits per heavy atom. The first-order valence-corrected chi connectivity index (χ1v) is 7.72. The van der Waals surface area contributed by atoms with E-state index >= 15 is 0 Å². The van der Waals surface area contributed by atoms with Gasteiger partial charge in [0.1, 0.15) is 0 Å². The molecule has 3 heteroatoms. The van der Waals surface area contributed by atoms with Gasteiger partial charge in [0.2, 0.25) is 0 Å². The van der Waals surface area contributed by atoms with Crippen molar-refractivity contribution in [1.29, 1.82) is 0 Å². The summed E-state index contributed by atoms with van der Waals surface area (Å²) < 4.78 is 0. The summed E-state index contributed by atoms with van der Waals surface area (Å²) in [7, 11) is 0. The molecule has 0 unspecified atom stereocenters. The Morgan fingerprint density at radius 3 is 2.33 bits per heavy atom. The van der Waals surface area contributed by atoms with Gasteiger partial charge in [0.05, 0.1) is 0 Å². The van der Waals surface area contributed by atoms with E-state index in [0.29, 0.717) is 0 Å². The topological polar surface area (TPSA) is 32.5 Å². The van der Waals surface area contributed by atoms with Gasteiger partial charge >= 0.3 is 0 Å². The third-order valence-electron chi connectivity index (χ3n) is 3.93. The molecule has 1 fully saturated rings. The van der Waals surface area contributed by atoms with Gasteiger partial charge in [0.15, 0.2) is 0 Å². The van der Waals surface area contributed by atoms with E-state index in [0.717, 1.165) is 13.1 Å². The van der Waals surface area contributed by atoms with Crippen molar-refractivity contribution >= 4 is 0 Å². The van der Waals surface area contributed by atoms with E-state index in [9.17, 15) is 0 Å². The lowest BCUT2D eigenvalue weighted by atomic mass is 9.93. The second-order valence-electron chi connectivity index (χ2n) is 6.55. The average molecular weight is 255 g/mol. The first kappa shape index (κ1) is 15.9. The van der Waals surface area contributed by atoms with Crippen LogP contribution in [0.3, 0.4) is 0 Å². The summed E-state index contributed by atoms with van der Waals surface area (Å²) >= 11 is 0. The Morgan fingerprint density at radius 2 is 1.78 bits per heavy atom. The van der Waals surface area contributed by atoms with Crippen LogP contribution < -0.4 is 5.73 Å². The van der Waals surface area contributed by atoms with Gasteiger partial charge in [0.25, 0.3) is 0 Å². The molecule has 0 bridgehead atoms. The van der Waals surface area contributed by atoms with E-state index < -0.39 is 0 Å². The van der Waals surface area contributed by atoms with Crippen molar-refractivity contribution in [1.82, 2.24) is 9.80 Å². The molecule has 0 aromatic heterocycles. The predicted molar refractivity (Wildman–Crippen MR) is 79.9 cm³/mol. The van der Waals surface area contributed by atoms with Crippen LogP contribution in [0.1, 0.15) is 46.5 Å². The highest BCUT2D eigenvalue weighted by Crippen LogP contribution is 2.15. The maximum absolute atomic E-state index is 5.85. The summed E-state index contributed by atoms with van der Waals surface area (Å²) in [5.74, 6) is 0. The molecule has 0 radical (unpaired) electrons. The molecule has 108 valence electrons. The number of rotatable bonds is 8. The van der Waals surface area contributed by atoms with Crippen molar-refractivity contribution in [2.45, 2.75) is 46.5 Å². The molecule has 2 N–H and O–H groups in total. The van der Waals surface area contributed by atoms with E-state index in [-0.39, 0.29) is 5.41 Å². The number of nitrogens with zero attached hydrogens (tertiary/aromatic N) is 2. The standard InChI is InChI=1S/C15H33N3/c1-4-8-18(14-15(2,3)13-16)12-11-17-9-6-5-7-10-17/h4-14,16H2,1-3H3. The SMILES string of the molecule is CCCN(CCN1CCCCC1)CC(C)(C)CN. The van der Waals surface area contributed by atoms with Crippen LogP contribution in [0.25, 0.3) is 0 Å². The molecular formula is C15H33N3. The molecule has 0 atom stereocenters. The van der Waals surface area contributed by atoms with Gasteiger partial charge in [-0.2, -0.15) is 0 Å². The highest BCUT2D eigenvalue weighted by molar-refractivity contribution is 4.76. The second-order valence-corrected chi connectivity index (χ2v) is 6.55. The van der Waals surface area contributed by atoms with Crippen molar-refractivity contribution in [2.24, 2.45) is 11.1 Å². The number of piperidine rings is 1. The molecule has 0 aliphatic carbocycles. The number of likely N-dealkylation sites (tertiary alicyclic amines) is 1. The zero-order chi connectivity index (χ0) is 13.4. The van der Waals surface area contributed by atoms with Gasteiger partial charge in [-0.25, -0.2) is 0 Å². The summed E-state index contributed by atoms with van der Waals surface area (Å²) in [6.07, 6.45) is 5.44. The van der Waals surface area contributed by atoms with Crippen molar-refractivity contribution < 1.29 is 0 Å². The number of hydrogen-bond acceptors (Lipinski definition) is 3. The van der Waals surface area contributed by atoms with Crippen LogP contribution >= 0.6 is 0 Å². The zero-order valence-electron chi connectivity index (χ0n) is 12.7. The van der Waals surface area contributed by atoms with Gasteiger partial charge in [0, 0.05) is 19.6 Å². The lowest BCUT2D eigenvalue weighted by molar-refractivity contribution is 0.145. The first-order valence-electron chi connectivity index (χ1n) is 7.72. The summed E-state index contributed by atoms with van der Waals surface area (Å²) in [4.78, 5) is 5.23. The summed E-state index contributed by atoms with van der Waals surface area (Å²) in [6.45, 7) is 15.0. The molecule has 0 aromatic carbocycles. The van der Waals surface area contributed by atoms with Crippen LogP contribution in [-0.4, -0.2) is 55.6 Å². The first-order chi connectivity index (χ1) is 8.57. The van der Waals surface area contributed by atoms with Gasteiger partial charge in [-0.05, 0) is 50.9 Å². The number of nitrogens with two attached hydrogens (primary N) is 1. The average Bonchev–Trinajstić information content (AvgIpc) is 2.37. The Kier molecular flexibility index (Phi) is 7.20. The van der Waals surface area contributed by atoms with Gasteiger partial charge < -0.3 is 15.5 Å². The third-order valence-corrected chi connectivity index (χ3v) is 3.93. The van der Waals surface area contributed by atoms with Gasteiger partial charge in [-0.1, -0.05) is 27.2 Å². The minimum Gasteiger partial charge on any atom is -0.330 e. The van der Waals surface area contributed by atoms with E-state index in [1.807, 2.05) is 0 Å². The molecule has 3 nitrogen and oxygen atoms in total. The largest absolute Gasteiger partial charge is 0.330 e. The highest BCUT2D eigenvalue weighted by atomic mass is 15.2. The molecule has 1 saturated heterocycles. The Hall–Kier alpha value is -0.120. The lowest BCUT2D eigenvalue weighted by Gasteiger charge is -2.34. The Bertz CT molecular complexity index is 210. The van der Waals surface area contributed by atoms with E-state index in [1.54, 1.807) is 0 Å². The van der Waals surface area contributed by atoms with E-state index in [1.165, 1.54) is 58.4 Å². The van der Waals surface area contributed by atoms with Crippen molar-refractivity contribution in [3.8, 4) is 0 Å². The van der Waals surface area contributed by atoms with E-state index in [2.05, 4.69) is 30.6 Å². The van der Waals surface area contributed by atoms with Crippen molar-refractivity contribution in [3.63, 3.8) is 0 Å². The molecule has 0 spiro atoms. The number of hydrogen-bond donors (Lipinski definition) is 1. The van der Waals surface area contributed by atoms with Crippen LogP contribution in [-0.2, 0) is 0 Å². The van der Waals surface area contributed by atoms with Gasteiger partial charge in [-0.3, -0.25) is 0 Å². The maximum atomic E-state index is 5.85.